The summed E-state index contributed by atoms with van der Waals surface area (Å²) in [6.45, 7) is 5.77. The molecule has 1 fully saturated rings. The number of nitrogens with one attached hydrogen (secondary N) is 2. The lowest BCUT2D eigenvalue weighted by Gasteiger charge is -2.23. The topological polar surface area (TPSA) is 83.1 Å². The molecule has 8 heteroatoms. The van der Waals surface area contributed by atoms with Gasteiger partial charge in [0.05, 0.1) is 24.5 Å². The molecule has 3 aliphatic rings. The fourth-order valence-corrected chi connectivity index (χ4v) is 5.53. The second-order valence-electron chi connectivity index (χ2n) is 10.4. The van der Waals surface area contributed by atoms with Crippen molar-refractivity contribution in [2.45, 2.75) is 32.2 Å². The Bertz CT molecular complexity index is 1390. The van der Waals surface area contributed by atoms with Gasteiger partial charge < -0.3 is 29.9 Å². The fraction of sp³-hybridized carbons (Fsp3) is 0.355. The molecule has 0 aliphatic carbocycles. The molecule has 0 radical (unpaired) electrons. The van der Waals surface area contributed by atoms with E-state index >= 15 is 0 Å². The van der Waals surface area contributed by atoms with Crippen molar-refractivity contribution in [3.63, 3.8) is 0 Å². The average Bonchev–Trinajstić information content (AvgIpc) is 3.55. The molecule has 202 valence electrons. The molecular weight excluding hydrogens is 492 g/mol. The Balaban J connectivity index is 1.28. The quantitative estimate of drug-likeness (QED) is 0.402. The van der Waals surface area contributed by atoms with Gasteiger partial charge in [-0.3, -0.25) is 4.79 Å². The van der Waals surface area contributed by atoms with Crippen LogP contribution in [0.1, 0.15) is 35.7 Å². The molecule has 3 aromatic carbocycles. The first-order valence-electron chi connectivity index (χ1n) is 13.8. The van der Waals surface area contributed by atoms with Crippen LogP contribution in [0.3, 0.4) is 0 Å². The van der Waals surface area contributed by atoms with Gasteiger partial charge in [0.2, 0.25) is 0 Å². The van der Waals surface area contributed by atoms with Crippen LogP contribution in [0, 0.1) is 0 Å². The van der Waals surface area contributed by atoms with Crippen LogP contribution >= 0.6 is 0 Å². The third-order valence-corrected chi connectivity index (χ3v) is 7.66. The fourth-order valence-electron chi connectivity index (χ4n) is 5.53. The first kappa shape index (κ1) is 25.1. The van der Waals surface area contributed by atoms with Crippen molar-refractivity contribution in [2.24, 2.45) is 0 Å². The van der Waals surface area contributed by atoms with Crippen molar-refractivity contribution < 1.29 is 19.1 Å². The maximum absolute atomic E-state index is 13.9. The smallest absolute Gasteiger partial charge is 0.409 e. The predicted octanol–water partition coefficient (Wildman–Crippen LogP) is 5.39. The second-order valence-corrected chi connectivity index (χ2v) is 10.4. The van der Waals surface area contributed by atoms with Gasteiger partial charge in [-0.05, 0) is 79.8 Å². The molecule has 3 heterocycles. The Morgan fingerprint density at radius 1 is 1.08 bits per heavy atom. The first-order valence-corrected chi connectivity index (χ1v) is 13.8. The van der Waals surface area contributed by atoms with Crippen LogP contribution in [0.25, 0.3) is 11.1 Å². The number of para-hydroxylation sites is 2. The van der Waals surface area contributed by atoms with E-state index in [9.17, 15) is 9.59 Å². The van der Waals surface area contributed by atoms with Gasteiger partial charge in [0, 0.05) is 42.5 Å². The van der Waals surface area contributed by atoms with Gasteiger partial charge in [0.25, 0.3) is 5.91 Å². The summed E-state index contributed by atoms with van der Waals surface area (Å²) in [6.07, 6.45) is 2.24. The molecule has 3 aromatic rings. The van der Waals surface area contributed by atoms with E-state index in [0.717, 1.165) is 41.9 Å². The Morgan fingerprint density at radius 2 is 1.97 bits per heavy atom. The summed E-state index contributed by atoms with van der Waals surface area (Å²) in [5.74, 6) is 0.623. The summed E-state index contributed by atoms with van der Waals surface area (Å²) in [7, 11) is 0. The number of anilines is 3. The van der Waals surface area contributed by atoms with Crippen LogP contribution < -0.4 is 20.3 Å². The van der Waals surface area contributed by atoms with Crippen LogP contribution in [0.2, 0.25) is 0 Å². The van der Waals surface area contributed by atoms with E-state index in [-0.39, 0.29) is 18.0 Å². The molecule has 3 aliphatic heterocycles. The molecule has 0 unspecified atom stereocenters. The van der Waals surface area contributed by atoms with Gasteiger partial charge in [-0.1, -0.05) is 18.2 Å². The van der Waals surface area contributed by atoms with E-state index in [1.807, 2.05) is 47.4 Å². The van der Waals surface area contributed by atoms with E-state index in [1.165, 1.54) is 11.3 Å². The summed E-state index contributed by atoms with van der Waals surface area (Å²) >= 11 is 0. The monoisotopic (exact) mass is 526 g/mol. The number of hydrogen-bond donors (Lipinski definition) is 2. The van der Waals surface area contributed by atoms with Crippen LogP contribution in [0.5, 0.6) is 5.75 Å². The van der Waals surface area contributed by atoms with E-state index in [0.29, 0.717) is 50.6 Å². The van der Waals surface area contributed by atoms with Crippen LogP contribution in [0.15, 0.2) is 60.7 Å². The molecule has 0 bridgehead atoms. The molecule has 2 N–H and O–H groups in total. The molecule has 0 saturated carbocycles. The zero-order chi connectivity index (χ0) is 26.8. The van der Waals surface area contributed by atoms with Crippen molar-refractivity contribution in [1.82, 2.24) is 4.90 Å². The number of cyclic esters (lactones) is 1. The predicted molar refractivity (Wildman–Crippen MR) is 153 cm³/mol. The number of carbonyl (C=O) groups is 2. The number of amides is 2. The highest BCUT2D eigenvalue weighted by molar-refractivity contribution is 6.08. The van der Waals surface area contributed by atoms with Crippen LogP contribution in [-0.2, 0) is 11.2 Å². The Hall–Kier alpha value is -4.20. The lowest BCUT2D eigenvalue weighted by Crippen LogP contribution is -2.32. The number of rotatable bonds is 7. The Kier molecular flexibility index (Phi) is 7.00. The van der Waals surface area contributed by atoms with Gasteiger partial charge in [0.15, 0.2) is 0 Å². The molecule has 1 atom stereocenters. The van der Waals surface area contributed by atoms with E-state index < -0.39 is 0 Å². The number of benzene rings is 3. The molecule has 0 aromatic heterocycles. The SMILES string of the molecule is C[C@H]1CCN(C(=O)c2ccc(-c3ccc4c(c3)CCN4)c(OCCCN3CCOC3=O)c2)c2ccccc2N1. The van der Waals surface area contributed by atoms with Crippen molar-refractivity contribution >= 4 is 29.1 Å². The largest absolute Gasteiger partial charge is 0.493 e. The third-order valence-electron chi connectivity index (χ3n) is 7.66. The molecule has 8 nitrogen and oxygen atoms in total. The standard InChI is InChI=1S/C31H34N4O4/c1-21-12-15-35(28-6-3-2-5-27(28)33-21)30(36)24-7-9-25(22-8-10-26-23(19-22)11-13-32-26)29(20-24)38-17-4-14-34-16-18-39-31(34)37/h2-3,5-10,19-21,32-33H,4,11-18H2,1H3/t21-/m0/s1. The third kappa shape index (κ3) is 5.24. The minimum Gasteiger partial charge on any atom is -0.493 e. The van der Waals surface area contributed by atoms with Crippen LogP contribution in [0.4, 0.5) is 21.9 Å². The van der Waals surface area contributed by atoms with Crippen LogP contribution in [-0.4, -0.2) is 62.3 Å². The van der Waals surface area contributed by atoms with Gasteiger partial charge in [-0.25, -0.2) is 4.79 Å². The van der Waals surface area contributed by atoms with Crippen molar-refractivity contribution in [1.29, 1.82) is 0 Å². The molecule has 39 heavy (non-hydrogen) atoms. The highest BCUT2D eigenvalue weighted by Crippen LogP contribution is 2.36. The average molecular weight is 527 g/mol. The molecule has 2 amide bonds. The van der Waals surface area contributed by atoms with Crippen molar-refractivity contribution in [3.05, 3.63) is 71.8 Å². The lowest BCUT2D eigenvalue weighted by atomic mass is 9.99. The highest BCUT2D eigenvalue weighted by Gasteiger charge is 2.26. The molecule has 0 spiro atoms. The van der Waals surface area contributed by atoms with E-state index in [2.05, 4.69) is 35.8 Å². The minimum absolute atomic E-state index is 0.0484. The maximum Gasteiger partial charge on any atom is 0.409 e. The summed E-state index contributed by atoms with van der Waals surface area (Å²) < 4.78 is 11.3. The first-order chi connectivity index (χ1) is 19.1. The van der Waals surface area contributed by atoms with Gasteiger partial charge in [0.1, 0.15) is 12.4 Å². The molecule has 6 rings (SSSR count). The van der Waals surface area contributed by atoms with E-state index in [4.69, 9.17) is 9.47 Å². The zero-order valence-corrected chi connectivity index (χ0v) is 22.2. The summed E-state index contributed by atoms with van der Waals surface area (Å²) in [6, 6.07) is 20.4. The Labute approximate surface area is 228 Å². The van der Waals surface area contributed by atoms with Gasteiger partial charge in [-0.15, -0.1) is 0 Å². The number of carbonyl (C=O) groups excluding carboxylic acids is 2. The van der Waals surface area contributed by atoms with Crippen molar-refractivity contribution in [2.75, 3.05) is 54.9 Å². The second kappa shape index (κ2) is 10.9. The lowest BCUT2D eigenvalue weighted by molar-refractivity contribution is 0.0986. The van der Waals surface area contributed by atoms with Crippen molar-refractivity contribution in [3.8, 4) is 16.9 Å². The zero-order valence-electron chi connectivity index (χ0n) is 22.2. The van der Waals surface area contributed by atoms with Gasteiger partial charge in [-0.2, -0.15) is 0 Å². The maximum atomic E-state index is 13.9. The number of fused-ring (bicyclic) bond motifs is 2. The number of ether oxygens (including phenoxy) is 2. The normalized spacial score (nSPS) is 18.0. The van der Waals surface area contributed by atoms with E-state index in [1.54, 1.807) is 4.90 Å². The Morgan fingerprint density at radius 3 is 2.85 bits per heavy atom. The molecule has 1 saturated heterocycles. The van der Waals surface area contributed by atoms with Gasteiger partial charge >= 0.3 is 6.09 Å². The summed E-state index contributed by atoms with van der Waals surface area (Å²) in [4.78, 5) is 29.2. The molecular formula is C31H34N4O4. The summed E-state index contributed by atoms with van der Waals surface area (Å²) in [5, 5.41) is 6.93. The minimum atomic E-state index is -0.267. The number of nitrogens with zero attached hydrogens (tertiary/aromatic N) is 2. The number of hydrogen-bond acceptors (Lipinski definition) is 6. The summed E-state index contributed by atoms with van der Waals surface area (Å²) in [5.41, 5.74) is 6.92. The highest BCUT2D eigenvalue weighted by atomic mass is 16.6.